The maximum Gasteiger partial charge on any atom is 0.0487 e. The SMILES string of the molecule is CNCCCCCCCCCCOCCCOC. The van der Waals surface area contributed by atoms with Gasteiger partial charge in [0.25, 0.3) is 0 Å². The topological polar surface area (TPSA) is 30.5 Å². The molecular formula is C15H33NO2. The van der Waals surface area contributed by atoms with Crippen LogP contribution in [0.5, 0.6) is 0 Å². The van der Waals surface area contributed by atoms with Crippen molar-refractivity contribution < 1.29 is 9.47 Å². The molecule has 0 fully saturated rings. The van der Waals surface area contributed by atoms with Crippen LogP contribution in [0.25, 0.3) is 0 Å². The summed E-state index contributed by atoms with van der Waals surface area (Å²) in [6.07, 6.45) is 11.8. The fraction of sp³-hybridized carbons (Fsp3) is 1.00. The average Bonchev–Trinajstić information content (AvgIpc) is 2.39. The first-order chi connectivity index (χ1) is 8.91. The van der Waals surface area contributed by atoms with Crippen molar-refractivity contribution in [2.45, 2.75) is 57.8 Å². The second kappa shape index (κ2) is 16.9. The van der Waals surface area contributed by atoms with Crippen LogP contribution in [-0.2, 0) is 9.47 Å². The van der Waals surface area contributed by atoms with Gasteiger partial charge in [0.1, 0.15) is 0 Å². The minimum atomic E-state index is 0.813. The van der Waals surface area contributed by atoms with Crippen molar-refractivity contribution >= 4 is 0 Å². The van der Waals surface area contributed by atoms with Crippen LogP contribution in [0.15, 0.2) is 0 Å². The molecule has 0 atom stereocenters. The molecule has 0 aliphatic heterocycles. The molecular weight excluding hydrogens is 226 g/mol. The summed E-state index contributed by atoms with van der Waals surface area (Å²) >= 11 is 0. The molecule has 3 nitrogen and oxygen atoms in total. The minimum Gasteiger partial charge on any atom is -0.385 e. The number of rotatable bonds is 15. The first kappa shape index (κ1) is 17.9. The molecule has 0 aliphatic carbocycles. The average molecular weight is 259 g/mol. The summed E-state index contributed by atoms with van der Waals surface area (Å²) in [7, 11) is 3.76. The Hall–Kier alpha value is -0.120. The Morgan fingerprint density at radius 1 is 0.667 bits per heavy atom. The summed E-state index contributed by atoms with van der Waals surface area (Å²) in [5, 5.41) is 3.19. The largest absolute Gasteiger partial charge is 0.385 e. The Kier molecular flexibility index (Phi) is 16.8. The molecule has 18 heavy (non-hydrogen) atoms. The first-order valence-corrected chi connectivity index (χ1v) is 7.63. The summed E-state index contributed by atoms with van der Waals surface area (Å²) < 4.78 is 10.5. The fourth-order valence-corrected chi connectivity index (χ4v) is 1.97. The van der Waals surface area contributed by atoms with Crippen molar-refractivity contribution in [1.82, 2.24) is 5.32 Å². The van der Waals surface area contributed by atoms with Crippen LogP contribution < -0.4 is 5.32 Å². The maximum absolute atomic E-state index is 5.52. The Balaban J connectivity index is 2.86. The fourth-order valence-electron chi connectivity index (χ4n) is 1.97. The van der Waals surface area contributed by atoms with Gasteiger partial charge in [-0.25, -0.2) is 0 Å². The molecule has 0 aromatic carbocycles. The van der Waals surface area contributed by atoms with E-state index in [0.717, 1.165) is 26.2 Å². The monoisotopic (exact) mass is 259 g/mol. The third-order valence-corrected chi connectivity index (χ3v) is 3.10. The molecule has 3 heteroatoms. The van der Waals surface area contributed by atoms with Gasteiger partial charge in [0.05, 0.1) is 0 Å². The van der Waals surface area contributed by atoms with Crippen LogP contribution in [0.1, 0.15) is 57.8 Å². The van der Waals surface area contributed by atoms with E-state index in [1.165, 1.54) is 57.9 Å². The number of unbranched alkanes of at least 4 members (excludes halogenated alkanes) is 7. The van der Waals surface area contributed by atoms with Gasteiger partial charge in [-0.2, -0.15) is 0 Å². The molecule has 0 saturated carbocycles. The lowest BCUT2D eigenvalue weighted by Gasteiger charge is -2.04. The normalized spacial score (nSPS) is 11.0. The predicted molar refractivity (Wildman–Crippen MR) is 78.2 cm³/mol. The third kappa shape index (κ3) is 15.9. The van der Waals surface area contributed by atoms with Gasteiger partial charge in [-0.1, -0.05) is 38.5 Å². The van der Waals surface area contributed by atoms with E-state index in [2.05, 4.69) is 5.32 Å². The number of hydrogen-bond acceptors (Lipinski definition) is 3. The summed E-state index contributed by atoms with van der Waals surface area (Å²) in [6.45, 7) is 3.75. The molecule has 0 aromatic rings. The van der Waals surface area contributed by atoms with Crippen LogP contribution in [0.4, 0.5) is 0 Å². The Labute approximate surface area is 114 Å². The number of hydrogen-bond donors (Lipinski definition) is 1. The van der Waals surface area contributed by atoms with Crippen molar-refractivity contribution in [3.63, 3.8) is 0 Å². The zero-order chi connectivity index (χ0) is 13.3. The smallest absolute Gasteiger partial charge is 0.0487 e. The molecule has 0 aliphatic rings. The molecule has 0 heterocycles. The second-order valence-corrected chi connectivity index (χ2v) is 4.89. The molecule has 1 N–H and O–H groups in total. The highest BCUT2D eigenvalue weighted by molar-refractivity contribution is 4.48. The molecule has 110 valence electrons. The molecule has 0 bridgehead atoms. The van der Waals surface area contributed by atoms with E-state index in [4.69, 9.17) is 9.47 Å². The van der Waals surface area contributed by atoms with E-state index >= 15 is 0 Å². The lowest BCUT2D eigenvalue weighted by atomic mass is 10.1. The predicted octanol–water partition coefficient (Wildman–Crippen LogP) is 3.38. The van der Waals surface area contributed by atoms with Gasteiger partial charge < -0.3 is 14.8 Å². The lowest BCUT2D eigenvalue weighted by molar-refractivity contribution is 0.100. The van der Waals surface area contributed by atoms with Gasteiger partial charge in [0.15, 0.2) is 0 Å². The summed E-state index contributed by atoms with van der Waals surface area (Å²) in [4.78, 5) is 0. The van der Waals surface area contributed by atoms with Crippen LogP contribution in [0.3, 0.4) is 0 Å². The van der Waals surface area contributed by atoms with Crippen molar-refractivity contribution in [2.75, 3.05) is 40.5 Å². The van der Waals surface area contributed by atoms with E-state index in [9.17, 15) is 0 Å². The minimum absolute atomic E-state index is 0.813. The van der Waals surface area contributed by atoms with Crippen molar-refractivity contribution in [3.8, 4) is 0 Å². The highest BCUT2D eigenvalue weighted by atomic mass is 16.5. The Bertz CT molecular complexity index is 126. The van der Waals surface area contributed by atoms with Gasteiger partial charge in [-0.3, -0.25) is 0 Å². The van der Waals surface area contributed by atoms with Crippen molar-refractivity contribution in [3.05, 3.63) is 0 Å². The zero-order valence-electron chi connectivity index (χ0n) is 12.5. The van der Waals surface area contributed by atoms with E-state index in [-0.39, 0.29) is 0 Å². The van der Waals surface area contributed by atoms with Crippen molar-refractivity contribution in [2.24, 2.45) is 0 Å². The van der Waals surface area contributed by atoms with Crippen LogP contribution in [-0.4, -0.2) is 40.5 Å². The third-order valence-electron chi connectivity index (χ3n) is 3.10. The summed E-state index contributed by atoms with van der Waals surface area (Å²) in [5.41, 5.74) is 0. The van der Waals surface area contributed by atoms with Gasteiger partial charge in [0.2, 0.25) is 0 Å². The molecule has 0 saturated heterocycles. The van der Waals surface area contributed by atoms with E-state index in [1.807, 2.05) is 7.05 Å². The first-order valence-electron chi connectivity index (χ1n) is 7.63. The molecule has 0 aromatic heterocycles. The molecule has 0 rings (SSSR count). The number of methoxy groups -OCH3 is 1. The van der Waals surface area contributed by atoms with Gasteiger partial charge in [-0.15, -0.1) is 0 Å². The number of nitrogens with one attached hydrogen (secondary N) is 1. The standard InChI is InChI=1S/C15H33NO2/c1-16-12-9-7-5-3-4-6-8-10-14-18-15-11-13-17-2/h16H,3-15H2,1-2H3. The number of ether oxygens (including phenoxy) is 2. The van der Waals surface area contributed by atoms with Crippen LogP contribution in [0.2, 0.25) is 0 Å². The van der Waals surface area contributed by atoms with Gasteiger partial charge in [0, 0.05) is 26.9 Å². The molecule has 0 unspecified atom stereocenters. The molecule has 0 amide bonds. The molecule has 0 spiro atoms. The van der Waals surface area contributed by atoms with Crippen LogP contribution in [0, 0.1) is 0 Å². The summed E-state index contributed by atoms with van der Waals surface area (Å²) in [5.74, 6) is 0. The van der Waals surface area contributed by atoms with E-state index in [1.54, 1.807) is 7.11 Å². The zero-order valence-corrected chi connectivity index (χ0v) is 12.5. The van der Waals surface area contributed by atoms with Gasteiger partial charge >= 0.3 is 0 Å². The quantitative estimate of drug-likeness (QED) is 0.457. The van der Waals surface area contributed by atoms with Gasteiger partial charge in [-0.05, 0) is 32.9 Å². The second-order valence-electron chi connectivity index (χ2n) is 4.89. The van der Waals surface area contributed by atoms with E-state index in [0.29, 0.717) is 0 Å². The van der Waals surface area contributed by atoms with Crippen LogP contribution >= 0.6 is 0 Å². The Morgan fingerprint density at radius 2 is 1.22 bits per heavy atom. The maximum atomic E-state index is 5.52. The van der Waals surface area contributed by atoms with E-state index < -0.39 is 0 Å². The lowest BCUT2D eigenvalue weighted by Crippen LogP contribution is -2.06. The highest BCUT2D eigenvalue weighted by Crippen LogP contribution is 2.08. The van der Waals surface area contributed by atoms with Crippen molar-refractivity contribution in [1.29, 1.82) is 0 Å². The molecule has 0 radical (unpaired) electrons. The highest BCUT2D eigenvalue weighted by Gasteiger charge is 1.93. The summed E-state index contributed by atoms with van der Waals surface area (Å²) in [6, 6.07) is 0. The Morgan fingerprint density at radius 3 is 1.83 bits per heavy atom.